The predicted molar refractivity (Wildman–Crippen MR) is 270 cm³/mol. The minimum atomic E-state index is -0.781. The number of unbranched alkanes of at least 4 members (excludes halogenated alkanes) is 30. The van der Waals surface area contributed by atoms with Crippen LogP contribution in [0.2, 0.25) is 0 Å². The van der Waals surface area contributed by atoms with Crippen LogP contribution >= 0.6 is 0 Å². The Labute approximate surface area is 390 Å². The Kier molecular flexibility index (Phi) is 49.8. The number of hydrogen-bond acceptors (Lipinski definition) is 6. The van der Waals surface area contributed by atoms with Gasteiger partial charge in [0.1, 0.15) is 13.2 Å². The molecule has 0 bridgehead atoms. The van der Waals surface area contributed by atoms with Crippen LogP contribution in [0.3, 0.4) is 0 Å². The van der Waals surface area contributed by atoms with Gasteiger partial charge in [-0.05, 0) is 64.2 Å². The number of rotatable bonds is 49. The summed E-state index contributed by atoms with van der Waals surface area (Å²) in [6.45, 7) is 6.60. The van der Waals surface area contributed by atoms with Gasteiger partial charge in [0.15, 0.2) is 6.10 Å². The van der Waals surface area contributed by atoms with E-state index in [-0.39, 0.29) is 31.1 Å². The summed E-state index contributed by atoms with van der Waals surface area (Å²) < 4.78 is 16.8. The molecule has 0 radical (unpaired) electrons. The zero-order chi connectivity index (χ0) is 45.8. The summed E-state index contributed by atoms with van der Waals surface area (Å²) in [6.07, 6.45) is 62.3. The quantitative estimate of drug-likeness (QED) is 0.0262. The van der Waals surface area contributed by atoms with Crippen molar-refractivity contribution in [1.29, 1.82) is 0 Å². The fourth-order valence-electron chi connectivity index (χ4n) is 7.72. The Balaban J connectivity index is 4.39. The van der Waals surface area contributed by atoms with Gasteiger partial charge < -0.3 is 14.2 Å². The molecule has 1 atom stereocenters. The van der Waals surface area contributed by atoms with Crippen LogP contribution in [0.5, 0.6) is 0 Å². The van der Waals surface area contributed by atoms with Gasteiger partial charge >= 0.3 is 17.9 Å². The molecule has 0 N–H and O–H groups in total. The van der Waals surface area contributed by atoms with Crippen molar-refractivity contribution >= 4 is 17.9 Å². The van der Waals surface area contributed by atoms with Gasteiger partial charge in [-0.25, -0.2) is 0 Å². The fourth-order valence-corrected chi connectivity index (χ4v) is 7.72. The third-order valence-electron chi connectivity index (χ3n) is 11.8. The molecule has 63 heavy (non-hydrogen) atoms. The first-order valence-electron chi connectivity index (χ1n) is 27.1. The second kappa shape index (κ2) is 52.0. The maximum absolute atomic E-state index is 12.8. The van der Waals surface area contributed by atoms with Gasteiger partial charge in [-0.3, -0.25) is 14.4 Å². The molecule has 0 saturated heterocycles. The van der Waals surface area contributed by atoms with Crippen LogP contribution in [0.15, 0.2) is 48.6 Å². The number of hydrogen-bond donors (Lipinski definition) is 0. The number of carbonyl (C=O) groups is 3. The highest BCUT2D eigenvalue weighted by molar-refractivity contribution is 5.71. The van der Waals surface area contributed by atoms with Crippen LogP contribution in [0.4, 0.5) is 0 Å². The lowest BCUT2D eigenvalue weighted by Crippen LogP contribution is -2.30. The maximum Gasteiger partial charge on any atom is 0.306 e. The van der Waals surface area contributed by atoms with Gasteiger partial charge in [-0.15, -0.1) is 0 Å². The molecule has 366 valence electrons. The summed E-state index contributed by atoms with van der Waals surface area (Å²) in [7, 11) is 0. The van der Waals surface area contributed by atoms with Crippen molar-refractivity contribution in [1.82, 2.24) is 0 Å². The minimum Gasteiger partial charge on any atom is -0.462 e. The lowest BCUT2D eigenvalue weighted by Gasteiger charge is -2.18. The summed E-state index contributed by atoms with van der Waals surface area (Å²) in [4.78, 5) is 38.0. The summed E-state index contributed by atoms with van der Waals surface area (Å²) in [5, 5.41) is 0. The SMILES string of the molecule is CCCCC/C=C/C/C=C/C/C=C/C/C=C/CCCCCC(=O)OC[C@@H](COC(=O)CCCCCCCCCCCCCCC)OC(=O)CCCCCCCCCCCCCCC. The fraction of sp³-hybridized carbons (Fsp3) is 0.807. The molecule has 0 saturated carbocycles. The Bertz CT molecular complexity index is 1110. The molecule has 0 aromatic rings. The van der Waals surface area contributed by atoms with Gasteiger partial charge in [0.25, 0.3) is 0 Å². The highest BCUT2D eigenvalue weighted by atomic mass is 16.6. The zero-order valence-electron chi connectivity index (χ0n) is 41.8. The molecule has 6 nitrogen and oxygen atoms in total. The average molecular weight is 883 g/mol. The molecule has 0 unspecified atom stereocenters. The molecule has 0 aliphatic heterocycles. The Hall–Kier alpha value is -2.63. The smallest absolute Gasteiger partial charge is 0.306 e. The van der Waals surface area contributed by atoms with E-state index in [1.54, 1.807) is 0 Å². The molecule has 0 fully saturated rings. The van der Waals surface area contributed by atoms with Crippen molar-refractivity contribution in [2.75, 3.05) is 13.2 Å². The first kappa shape index (κ1) is 60.4. The van der Waals surface area contributed by atoms with Crippen LogP contribution in [0.25, 0.3) is 0 Å². The van der Waals surface area contributed by atoms with Crippen molar-refractivity contribution in [3.05, 3.63) is 48.6 Å². The summed E-state index contributed by atoms with van der Waals surface area (Å²) >= 11 is 0. The average Bonchev–Trinajstić information content (AvgIpc) is 3.28. The standard InChI is InChI=1S/C57H102O6/c1-4-7-10-13-16-19-22-25-26-27-28-29-30-33-35-38-41-44-47-50-56(59)62-53-54(63-57(60)51-48-45-42-39-36-32-24-21-18-15-12-9-6-3)52-61-55(58)49-46-43-40-37-34-31-23-20-17-14-11-8-5-2/h16,19,25-26,28-29,33,35,54H,4-15,17-18,20-24,27,30-32,34,36-53H2,1-3H3/b19-16+,26-25+,29-28+,35-33+/t54-/m1/s1. The highest BCUT2D eigenvalue weighted by Gasteiger charge is 2.19. The van der Waals surface area contributed by atoms with Crippen LogP contribution in [0, 0.1) is 0 Å². The van der Waals surface area contributed by atoms with Crippen molar-refractivity contribution in [3.63, 3.8) is 0 Å². The van der Waals surface area contributed by atoms with E-state index in [0.717, 1.165) is 83.5 Å². The van der Waals surface area contributed by atoms with Gasteiger partial charge in [-0.2, -0.15) is 0 Å². The van der Waals surface area contributed by atoms with Crippen molar-refractivity contribution in [2.45, 2.75) is 284 Å². The van der Waals surface area contributed by atoms with Gasteiger partial charge in [0.2, 0.25) is 0 Å². The Morgan fingerprint density at radius 2 is 0.571 bits per heavy atom. The number of esters is 3. The highest BCUT2D eigenvalue weighted by Crippen LogP contribution is 2.16. The van der Waals surface area contributed by atoms with Crippen LogP contribution in [0.1, 0.15) is 278 Å². The topological polar surface area (TPSA) is 78.9 Å². The molecule has 0 aliphatic carbocycles. The molecule has 6 heteroatoms. The zero-order valence-corrected chi connectivity index (χ0v) is 41.8. The van der Waals surface area contributed by atoms with E-state index in [1.165, 1.54) is 154 Å². The van der Waals surface area contributed by atoms with Crippen molar-refractivity contribution in [2.24, 2.45) is 0 Å². The van der Waals surface area contributed by atoms with E-state index in [0.29, 0.717) is 19.3 Å². The van der Waals surface area contributed by atoms with Crippen LogP contribution < -0.4 is 0 Å². The Morgan fingerprint density at radius 3 is 0.921 bits per heavy atom. The first-order chi connectivity index (χ1) is 31.0. The molecule has 0 amide bonds. The van der Waals surface area contributed by atoms with Crippen LogP contribution in [-0.4, -0.2) is 37.2 Å². The third kappa shape index (κ3) is 50.2. The molecule has 0 spiro atoms. The normalized spacial score (nSPS) is 12.4. The minimum absolute atomic E-state index is 0.0794. The predicted octanol–water partition coefficient (Wildman–Crippen LogP) is 17.9. The van der Waals surface area contributed by atoms with Gasteiger partial charge in [0, 0.05) is 19.3 Å². The van der Waals surface area contributed by atoms with E-state index < -0.39 is 6.10 Å². The number of allylic oxidation sites excluding steroid dienone is 8. The summed E-state index contributed by atoms with van der Waals surface area (Å²) in [6, 6.07) is 0. The Morgan fingerprint density at radius 1 is 0.317 bits per heavy atom. The van der Waals surface area contributed by atoms with E-state index in [1.807, 2.05) is 0 Å². The molecule has 0 aromatic heterocycles. The van der Waals surface area contributed by atoms with E-state index in [9.17, 15) is 14.4 Å². The van der Waals surface area contributed by atoms with E-state index in [4.69, 9.17) is 14.2 Å². The maximum atomic E-state index is 12.8. The van der Waals surface area contributed by atoms with Gasteiger partial charge in [0.05, 0.1) is 0 Å². The third-order valence-corrected chi connectivity index (χ3v) is 11.8. The molecular weight excluding hydrogens is 781 g/mol. The lowest BCUT2D eigenvalue weighted by atomic mass is 10.0. The first-order valence-corrected chi connectivity index (χ1v) is 27.1. The summed E-state index contributed by atoms with van der Waals surface area (Å²) in [5.74, 6) is -0.900. The van der Waals surface area contributed by atoms with Gasteiger partial charge in [-0.1, -0.05) is 243 Å². The van der Waals surface area contributed by atoms with Crippen molar-refractivity contribution in [3.8, 4) is 0 Å². The monoisotopic (exact) mass is 883 g/mol. The summed E-state index contributed by atoms with van der Waals surface area (Å²) in [5.41, 5.74) is 0. The molecule has 0 rings (SSSR count). The number of ether oxygens (including phenoxy) is 3. The second-order valence-corrected chi connectivity index (χ2v) is 18.2. The lowest BCUT2D eigenvalue weighted by molar-refractivity contribution is -0.167. The van der Waals surface area contributed by atoms with E-state index >= 15 is 0 Å². The number of carbonyl (C=O) groups excluding carboxylic acids is 3. The molecular formula is C57H102O6. The second-order valence-electron chi connectivity index (χ2n) is 18.2. The van der Waals surface area contributed by atoms with Crippen LogP contribution in [-0.2, 0) is 28.6 Å². The largest absolute Gasteiger partial charge is 0.462 e. The van der Waals surface area contributed by atoms with E-state index in [2.05, 4.69) is 69.4 Å². The molecule has 0 heterocycles. The molecule has 0 aliphatic rings. The molecule has 0 aromatic carbocycles. The van der Waals surface area contributed by atoms with Crippen molar-refractivity contribution < 1.29 is 28.6 Å².